The highest BCUT2D eigenvalue weighted by Crippen LogP contribution is 2.32. The van der Waals surface area contributed by atoms with Crippen molar-refractivity contribution in [2.75, 3.05) is 33.5 Å². The summed E-state index contributed by atoms with van der Waals surface area (Å²) >= 11 is 0. The topological polar surface area (TPSA) is 30.5 Å². The van der Waals surface area contributed by atoms with E-state index >= 15 is 0 Å². The van der Waals surface area contributed by atoms with Gasteiger partial charge in [0.1, 0.15) is 0 Å². The number of hydrogen-bond donors (Lipinski definition) is 1. The van der Waals surface area contributed by atoms with Crippen LogP contribution in [0.5, 0.6) is 0 Å². The van der Waals surface area contributed by atoms with E-state index in [2.05, 4.69) is 19.2 Å². The molecule has 0 aliphatic heterocycles. The largest absolute Gasteiger partial charge is 0.382 e. The number of ether oxygens (including phenoxy) is 2. The van der Waals surface area contributed by atoms with Crippen LogP contribution >= 0.6 is 0 Å². The lowest BCUT2D eigenvalue weighted by Crippen LogP contribution is -2.35. The van der Waals surface area contributed by atoms with Gasteiger partial charge in [-0.25, -0.2) is 0 Å². The van der Waals surface area contributed by atoms with Crippen LogP contribution in [0.25, 0.3) is 0 Å². The summed E-state index contributed by atoms with van der Waals surface area (Å²) in [6.45, 7) is 8.13. The Morgan fingerprint density at radius 3 is 2.39 bits per heavy atom. The number of rotatable bonds is 12. The molecule has 0 bridgehead atoms. The zero-order valence-electron chi connectivity index (χ0n) is 12.5. The van der Waals surface area contributed by atoms with Crippen LogP contribution in [-0.2, 0) is 9.47 Å². The molecule has 1 aliphatic carbocycles. The third-order valence-corrected chi connectivity index (χ3v) is 4.27. The Labute approximate surface area is 113 Å². The van der Waals surface area contributed by atoms with Crippen molar-refractivity contribution in [2.45, 2.75) is 58.4 Å². The average Bonchev–Trinajstić information content (AvgIpc) is 3.22. The van der Waals surface area contributed by atoms with Crippen molar-refractivity contribution in [1.82, 2.24) is 5.32 Å². The summed E-state index contributed by atoms with van der Waals surface area (Å²) in [6, 6.07) is 0.820. The maximum Gasteiger partial charge on any atom is 0.0700 e. The predicted octanol–water partition coefficient (Wildman–Crippen LogP) is 2.99. The van der Waals surface area contributed by atoms with Gasteiger partial charge in [0.05, 0.1) is 13.2 Å². The van der Waals surface area contributed by atoms with Crippen LogP contribution in [0.4, 0.5) is 0 Å². The molecule has 0 saturated heterocycles. The van der Waals surface area contributed by atoms with Gasteiger partial charge >= 0.3 is 0 Å². The van der Waals surface area contributed by atoms with Gasteiger partial charge in [-0.15, -0.1) is 0 Å². The summed E-state index contributed by atoms with van der Waals surface area (Å²) in [4.78, 5) is 0. The maximum atomic E-state index is 5.55. The van der Waals surface area contributed by atoms with E-state index in [4.69, 9.17) is 9.47 Å². The zero-order valence-corrected chi connectivity index (χ0v) is 12.5. The van der Waals surface area contributed by atoms with E-state index in [1.807, 2.05) is 0 Å². The molecule has 3 nitrogen and oxygen atoms in total. The fraction of sp³-hybridized carbons (Fsp3) is 1.00. The molecule has 1 N–H and O–H groups in total. The normalized spacial score (nSPS) is 16.2. The van der Waals surface area contributed by atoms with Crippen molar-refractivity contribution in [3.8, 4) is 0 Å². The average molecular weight is 257 g/mol. The number of hydrogen-bond acceptors (Lipinski definition) is 3. The first-order valence-corrected chi connectivity index (χ1v) is 7.56. The van der Waals surface area contributed by atoms with Crippen LogP contribution in [0.3, 0.4) is 0 Å². The Bertz CT molecular complexity index is 201. The van der Waals surface area contributed by atoms with Crippen LogP contribution < -0.4 is 5.32 Å². The molecule has 0 amide bonds. The van der Waals surface area contributed by atoms with E-state index in [0.717, 1.165) is 25.7 Å². The third-order valence-electron chi connectivity index (χ3n) is 4.27. The molecule has 0 aromatic heterocycles. The Morgan fingerprint density at radius 1 is 1.11 bits per heavy atom. The van der Waals surface area contributed by atoms with E-state index in [-0.39, 0.29) is 0 Å². The van der Waals surface area contributed by atoms with Crippen molar-refractivity contribution >= 4 is 0 Å². The number of nitrogens with one attached hydrogen (secondary N) is 1. The molecular weight excluding hydrogens is 226 g/mol. The standard InChI is InChI=1S/C15H31NO2/c1-4-15(5-2,13-16-14-7-8-14)9-6-10-18-12-11-17-3/h14,16H,4-13H2,1-3H3. The van der Waals surface area contributed by atoms with E-state index in [0.29, 0.717) is 12.0 Å². The molecular formula is C15H31NO2. The molecule has 1 aliphatic rings. The molecule has 1 fully saturated rings. The van der Waals surface area contributed by atoms with Gasteiger partial charge in [-0.3, -0.25) is 0 Å². The van der Waals surface area contributed by atoms with Crippen LogP contribution in [0.1, 0.15) is 52.4 Å². The second kappa shape index (κ2) is 8.89. The molecule has 0 spiro atoms. The Kier molecular flexibility index (Phi) is 7.87. The van der Waals surface area contributed by atoms with E-state index in [9.17, 15) is 0 Å². The Hall–Kier alpha value is -0.120. The molecule has 0 unspecified atom stereocenters. The van der Waals surface area contributed by atoms with E-state index in [1.165, 1.54) is 38.6 Å². The molecule has 0 heterocycles. The van der Waals surface area contributed by atoms with Gasteiger partial charge in [0.15, 0.2) is 0 Å². The summed E-state index contributed by atoms with van der Waals surface area (Å²) < 4.78 is 10.5. The van der Waals surface area contributed by atoms with Crippen LogP contribution in [0.2, 0.25) is 0 Å². The second-order valence-corrected chi connectivity index (χ2v) is 5.57. The molecule has 18 heavy (non-hydrogen) atoms. The fourth-order valence-corrected chi connectivity index (χ4v) is 2.38. The molecule has 1 rings (SSSR count). The fourth-order valence-electron chi connectivity index (χ4n) is 2.38. The molecule has 108 valence electrons. The monoisotopic (exact) mass is 257 g/mol. The quantitative estimate of drug-likeness (QED) is 0.545. The predicted molar refractivity (Wildman–Crippen MR) is 76.0 cm³/mol. The smallest absolute Gasteiger partial charge is 0.0700 e. The van der Waals surface area contributed by atoms with Crippen molar-refractivity contribution in [3.63, 3.8) is 0 Å². The second-order valence-electron chi connectivity index (χ2n) is 5.57. The lowest BCUT2D eigenvalue weighted by atomic mass is 9.78. The van der Waals surface area contributed by atoms with Crippen molar-refractivity contribution in [1.29, 1.82) is 0 Å². The highest BCUT2D eigenvalue weighted by molar-refractivity contribution is 4.86. The highest BCUT2D eigenvalue weighted by atomic mass is 16.5. The zero-order chi connectivity index (χ0) is 13.3. The van der Waals surface area contributed by atoms with Crippen molar-refractivity contribution in [2.24, 2.45) is 5.41 Å². The molecule has 0 radical (unpaired) electrons. The SMILES string of the molecule is CCC(CC)(CCCOCCOC)CNC1CC1. The number of methoxy groups -OCH3 is 1. The van der Waals surface area contributed by atoms with Gasteiger partial charge < -0.3 is 14.8 Å². The molecule has 0 aromatic rings. The molecule has 0 aromatic carbocycles. The molecule has 1 saturated carbocycles. The van der Waals surface area contributed by atoms with Crippen molar-refractivity contribution in [3.05, 3.63) is 0 Å². The summed E-state index contributed by atoms with van der Waals surface area (Å²) in [5.74, 6) is 0. The van der Waals surface area contributed by atoms with Gasteiger partial charge in [-0.1, -0.05) is 13.8 Å². The van der Waals surface area contributed by atoms with Gasteiger partial charge in [0.25, 0.3) is 0 Å². The van der Waals surface area contributed by atoms with E-state index < -0.39 is 0 Å². The Morgan fingerprint density at radius 2 is 1.83 bits per heavy atom. The first kappa shape index (κ1) is 15.9. The summed E-state index contributed by atoms with van der Waals surface area (Å²) in [5, 5.41) is 3.70. The first-order valence-electron chi connectivity index (χ1n) is 7.56. The maximum absolute atomic E-state index is 5.55. The van der Waals surface area contributed by atoms with Crippen LogP contribution in [-0.4, -0.2) is 39.5 Å². The summed E-state index contributed by atoms with van der Waals surface area (Å²) in [6.07, 6.45) is 7.72. The Balaban J connectivity index is 2.14. The van der Waals surface area contributed by atoms with Crippen molar-refractivity contribution < 1.29 is 9.47 Å². The first-order chi connectivity index (χ1) is 8.76. The minimum Gasteiger partial charge on any atom is -0.382 e. The van der Waals surface area contributed by atoms with Gasteiger partial charge in [-0.2, -0.15) is 0 Å². The molecule has 3 heteroatoms. The summed E-state index contributed by atoms with van der Waals surface area (Å²) in [5.41, 5.74) is 0.479. The van der Waals surface area contributed by atoms with E-state index in [1.54, 1.807) is 7.11 Å². The van der Waals surface area contributed by atoms with Gasteiger partial charge in [0, 0.05) is 26.3 Å². The minimum atomic E-state index is 0.479. The van der Waals surface area contributed by atoms with Crippen LogP contribution in [0.15, 0.2) is 0 Å². The van der Waals surface area contributed by atoms with Gasteiger partial charge in [-0.05, 0) is 43.9 Å². The lowest BCUT2D eigenvalue weighted by molar-refractivity contribution is 0.0624. The van der Waals surface area contributed by atoms with Gasteiger partial charge in [0.2, 0.25) is 0 Å². The summed E-state index contributed by atoms with van der Waals surface area (Å²) in [7, 11) is 1.71. The van der Waals surface area contributed by atoms with Crippen LogP contribution in [0, 0.1) is 5.41 Å². The third kappa shape index (κ3) is 6.17. The molecule has 0 atom stereocenters. The highest BCUT2D eigenvalue weighted by Gasteiger charge is 2.29. The lowest BCUT2D eigenvalue weighted by Gasteiger charge is -2.32. The minimum absolute atomic E-state index is 0.479.